The largest absolute Gasteiger partial charge is 0.300 e. The van der Waals surface area contributed by atoms with E-state index in [9.17, 15) is 4.79 Å². The van der Waals surface area contributed by atoms with Gasteiger partial charge in [0.25, 0.3) is 5.91 Å². The Hall–Kier alpha value is -1.75. The first kappa shape index (κ1) is 16.1. The highest BCUT2D eigenvalue weighted by Crippen LogP contribution is 2.30. The van der Waals surface area contributed by atoms with Gasteiger partial charge in [0.05, 0.1) is 10.6 Å². The van der Waals surface area contributed by atoms with Gasteiger partial charge in [-0.1, -0.05) is 35.3 Å². The van der Waals surface area contributed by atoms with Crippen molar-refractivity contribution in [2.45, 2.75) is 6.92 Å². The molecule has 2 aromatic rings. The molecule has 0 spiro atoms. The van der Waals surface area contributed by atoms with Crippen molar-refractivity contribution in [3.05, 3.63) is 68.5 Å². The minimum absolute atomic E-state index is 0.157. The average molecular weight is 363 g/mol. The number of hydrogen-bond acceptors (Lipinski definition) is 3. The summed E-state index contributed by atoms with van der Waals surface area (Å²) in [7, 11) is 0. The quantitative estimate of drug-likeness (QED) is 0.746. The molecule has 3 rings (SSSR count). The van der Waals surface area contributed by atoms with Gasteiger partial charge in [0.1, 0.15) is 0 Å². The summed E-state index contributed by atoms with van der Waals surface area (Å²) in [6.07, 6.45) is 1.81. The first-order valence-electron chi connectivity index (χ1n) is 6.82. The van der Waals surface area contributed by atoms with E-state index in [0.29, 0.717) is 20.1 Å². The van der Waals surface area contributed by atoms with Crippen LogP contribution >= 0.6 is 35.0 Å². The van der Waals surface area contributed by atoms with Crippen LogP contribution < -0.4 is 5.32 Å². The Kier molecular flexibility index (Phi) is 4.76. The predicted molar refractivity (Wildman–Crippen MR) is 98.4 cm³/mol. The molecule has 6 heteroatoms. The molecule has 1 fully saturated rings. The van der Waals surface area contributed by atoms with Crippen LogP contribution in [0.5, 0.6) is 0 Å². The lowest BCUT2D eigenvalue weighted by molar-refractivity contribution is -0.115. The number of amidine groups is 1. The third-order valence-corrected chi connectivity index (χ3v) is 4.60. The number of benzene rings is 2. The summed E-state index contributed by atoms with van der Waals surface area (Å²) in [6, 6.07) is 12.8. The molecule has 0 aromatic heterocycles. The Balaban J connectivity index is 1.84. The van der Waals surface area contributed by atoms with Crippen molar-refractivity contribution in [1.82, 2.24) is 5.32 Å². The van der Waals surface area contributed by atoms with Crippen LogP contribution in [0.1, 0.15) is 11.1 Å². The van der Waals surface area contributed by atoms with E-state index in [-0.39, 0.29) is 5.91 Å². The fourth-order valence-corrected chi connectivity index (χ4v) is 3.23. The summed E-state index contributed by atoms with van der Waals surface area (Å²) in [5, 5.41) is 4.66. The number of hydrogen-bond donors (Lipinski definition) is 1. The third-order valence-electron chi connectivity index (χ3n) is 3.20. The van der Waals surface area contributed by atoms with E-state index in [4.69, 9.17) is 23.2 Å². The summed E-state index contributed by atoms with van der Waals surface area (Å²) in [5.74, 6) is -0.157. The van der Waals surface area contributed by atoms with Crippen molar-refractivity contribution >= 4 is 57.8 Å². The van der Waals surface area contributed by atoms with Crippen LogP contribution in [0, 0.1) is 6.92 Å². The predicted octanol–water partition coefficient (Wildman–Crippen LogP) is 5.19. The Morgan fingerprint density at radius 1 is 1.09 bits per heavy atom. The second kappa shape index (κ2) is 6.79. The Morgan fingerprint density at radius 2 is 1.78 bits per heavy atom. The van der Waals surface area contributed by atoms with Gasteiger partial charge in [-0.05, 0) is 66.2 Å². The number of amides is 1. The lowest BCUT2D eigenvalue weighted by Crippen LogP contribution is -2.19. The molecule has 0 atom stereocenters. The van der Waals surface area contributed by atoms with Crippen molar-refractivity contribution < 1.29 is 4.79 Å². The minimum atomic E-state index is -0.157. The summed E-state index contributed by atoms with van der Waals surface area (Å²) in [5.41, 5.74) is 2.65. The van der Waals surface area contributed by atoms with Gasteiger partial charge in [-0.3, -0.25) is 4.79 Å². The van der Waals surface area contributed by atoms with E-state index in [1.807, 2.05) is 37.3 Å². The Labute approximate surface area is 148 Å². The van der Waals surface area contributed by atoms with E-state index < -0.39 is 0 Å². The first-order chi connectivity index (χ1) is 11.0. The van der Waals surface area contributed by atoms with E-state index in [0.717, 1.165) is 16.8 Å². The average Bonchev–Trinajstić information content (AvgIpc) is 2.84. The van der Waals surface area contributed by atoms with E-state index >= 15 is 0 Å². The van der Waals surface area contributed by atoms with Crippen LogP contribution in [0.15, 0.2) is 52.4 Å². The Morgan fingerprint density at radius 3 is 2.48 bits per heavy atom. The van der Waals surface area contributed by atoms with Gasteiger partial charge < -0.3 is 5.32 Å². The molecule has 1 aliphatic heterocycles. The number of carbonyl (C=O) groups is 1. The molecule has 1 heterocycles. The zero-order valence-electron chi connectivity index (χ0n) is 12.1. The summed E-state index contributed by atoms with van der Waals surface area (Å²) < 4.78 is 0. The lowest BCUT2D eigenvalue weighted by Gasteiger charge is -2.01. The van der Waals surface area contributed by atoms with Gasteiger partial charge in [-0.25, -0.2) is 4.99 Å². The van der Waals surface area contributed by atoms with Crippen molar-refractivity contribution in [2.24, 2.45) is 4.99 Å². The van der Waals surface area contributed by atoms with Crippen molar-refractivity contribution in [2.75, 3.05) is 0 Å². The smallest absolute Gasteiger partial charge is 0.264 e. The topological polar surface area (TPSA) is 41.5 Å². The van der Waals surface area contributed by atoms with Crippen LogP contribution in [0.4, 0.5) is 5.69 Å². The normalized spacial score (nSPS) is 17.8. The van der Waals surface area contributed by atoms with Crippen molar-refractivity contribution in [3.63, 3.8) is 0 Å². The zero-order chi connectivity index (χ0) is 16.4. The fraction of sp³-hybridized carbons (Fsp3) is 0.0588. The van der Waals surface area contributed by atoms with Crippen molar-refractivity contribution in [1.29, 1.82) is 0 Å². The third kappa shape index (κ3) is 3.96. The second-order valence-electron chi connectivity index (χ2n) is 4.96. The van der Waals surface area contributed by atoms with Crippen LogP contribution in [0.2, 0.25) is 10.0 Å². The molecular weight excluding hydrogens is 351 g/mol. The van der Waals surface area contributed by atoms with Gasteiger partial charge in [-0.2, -0.15) is 0 Å². The molecule has 0 aliphatic carbocycles. The molecule has 1 amide bonds. The minimum Gasteiger partial charge on any atom is -0.300 e. The fourth-order valence-electron chi connectivity index (χ4n) is 2.04. The number of aryl methyl sites for hydroxylation is 1. The lowest BCUT2D eigenvalue weighted by atomic mass is 10.2. The summed E-state index contributed by atoms with van der Waals surface area (Å²) in [6.45, 7) is 1.93. The highest BCUT2D eigenvalue weighted by molar-refractivity contribution is 8.18. The molecule has 1 N–H and O–H groups in total. The Bertz CT molecular complexity index is 829. The maximum absolute atomic E-state index is 12.1. The number of carbonyl (C=O) groups excluding carboxylic acids is 1. The molecule has 0 unspecified atom stereocenters. The van der Waals surface area contributed by atoms with Crippen LogP contribution in [0.3, 0.4) is 0 Å². The van der Waals surface area contributed by atoms with Gasteiger partial charge in [0, 0.05) is 10.0 Å². The van der Waals surface area contributed by atoms with Gasteiger partial charge in [-0.15, -0.1) is 0 Å². The molecule has 2 aromatic carbocycles. The number of aliphatic imine (C=N–C) groups is 1. The number of halogens is 2. The first-order valence-corrected chi connectivity index (χ1v) is 8.40. The van der Waals surface area contributed by atoms with Gasteiger partial charge >= 0.3 is 0 Å². The van der Waals surface area contributed by atoms with E-state index in [1.165, 1.54) is 11.8 Å². The molecule has 23 heavy (non-hydrogen) atoms. The molecule has 0 radical (unpaired) electrons. The maximum atomic E-state index is 12.1. The zero-order valence-corrected chi connectivity index (χ0v) is 14.5. The molecule has 0 saturated carbocycles. The van der Waals surface area contributed by atoms with E-state index in [2.05, 4.69) is 10.3 Å². The van der Waals surface area contributed by atoms with E-state index in [1.54, 1.807) is 18.2 Å². The number of rotatable bonds is 2. The van der Waals surface area contributed by atoms with Crippen LogP contribution in [-0.2, 0) is 4.79 Å². The number of thioether (sulfide) groups is 1. The molecule has 0 bridgehead atoms. The SMILES string of the molecule is Cc1cc(Cl)ccc1N=C1NC(=O)/C(=C/c2ccc(Cl)cc2)S1. The summed E-state index contributed by atoms with van der Waals surface area (Å²) >= 11 is 13.1. The van der Waals surface area contributed by atoms with Gasteiger partial charge in [0.15, 0.2) is 5.17 Å². The van der Waals surface area contributed by atoms with Crippen molar-refractivity contribution in [3.8, 4) is 0 Å². The van der Waals surface area contributed by atoms with Crippen LogP contribution in [0.25, 0.3) is 6.08 Å². The number of nitrogens with zero attached hydrogens (tertiary/aromatic N) is 1. The van der Waals surface area contributed by atoms with Crippen LogP contribution in [-0.4, -0.2) is 11.1 Å². The monoisotopic (exact) mass is 362 g/mol. The molecule has 3 nitrogen and oxygen atoms in total. The molecule has 116 valence electrons. The standard InChI is InChI=1S/C17H12Cl2N2OS/c1-10-8-13(19)6-7-14(10)20-17-21-16(22)15(23-17)9-11-2-4-12(18)5-3-11/h2-9H,1H3,(H,20,21,22)/b15-9-. The molecule has 1 aliphatic rings. The molecular formula is C17H12Cl2N2OS. The molecule has 1 saturated heterocycles. The summed E-state index contributed by atoms with van der Waals surface area (Å²) in [4.78, 5) is 17.1. The highest BCUT2D eigenvalue weighted by atomic mass is 35.5. The number of nitrogens with one attached hydrogen (secondary N) is 1. The second-order valence-corrected chi connectivity index (χ2v) is 6.87. The highest BCUT2D eigenvalue weighted by Gasteiger charge is 2.23. The maximum Gasteiger partial charge on any atom is 0.264 e. The van der Waals surface area contributed by atoms with Gasteiger partial charge in [0.2, 0.25) is 0 Å².